The zero-order chi connectivity index (χ0) is 13.8. The number of hydrogen-bond donors (Lipinski definition) is 1. The first kappa shape index (κ1) is 13.5. The van der Waals surface area contributed by atoms with Crippen molar-refractivity contribution in [2.24, 2.45) is 0 Å². The second-order valence-electron chi connectivity index (χ2n) is 5.15. The summed E-state index contributed by atoms with van der Waals surface area (Å²) >= 11 is 0. The molecule has 5 heteroatoms. The van der Waals surface area contributed by atoms with Gasteiger partial charge in [-0.25, -0.2) is 4.98 Å². The summed E-state index contributed by atoms with van der Waals surface area (Å²) in [6.45, 7) is 3.25. The summed E-state index contributed by atoms with van der Waals surface area (Å²) in [5, 5.41) is 8.76. The number of ether oxygens (including phenoxy) is 1. The number of aliphatic hydroxyl groups excluding tert-OH is 1. The summed E-state index contributed by atoms with van der Waals surface area (Å²) in [5.74, 6) is 0.779. The minimum atomic E-state index is 0.100. The maximum Gasteiger partial charge on any atom is 0.209 e. The van der Waals surface area contributed by atoms with E-state index in [4.69, 9.17) is 14.3 Å². The van der Waals surface area contributed by atoms with E-state index >= 15 is 0 Å². The van der Waals surface area contributed by atoms with Crippen LogP contribution in [0.3, 0.4) is 0 Å². The Labute approximate surface area is 118 Å². The molecule has 0 spiro atoms. The van der Waals surface area contributed by atoms with Crippen molar-refractivity contribution in [2.75, 3.05) is 26.3 Å². The Hall–Kier alpha value is -1.43. The smallest absolute Gasteiger partial charge is 0.209 e. The second kappa shape index (κ2) is 6.35. The summed E-state index contributed by atoms with van der Waals surface area (Å²) in [6.07, 6.45) is 2.28. The first-order chi connectivity index (χ1) is 9.85. The fraction of sp³-hybridized carbons (Fsp3) is 0.533. The Morgan fingerprint density at radius 3 is 2.85 bits per heavy atom. The lowest BCUT2D eigenvalue weighted by atomic mass is 10.1. The van der Waals surface area contributed by atoms with Gasteiger partial charge in [-0.05, 0) is 25.0 Å². The molecule has 1 N–H and O–H groups in total. The molecule has 108 valence electrons. The Morgan fingerprint density at radius 2 is 2.10 bits per heavy atom. The van der Waals surface area contributed by atoms with Crippen molar-refractivity contribution in [1.29, 1.82) is 0 Å². The van der Waals surface area contributed by atoms with E-state index in [1.165, 1.54) is 0 Å². The quantitative estimate of drug-likeness (QED) is 0.902. The highest BCUT2D eigenvalue weighted by Gasteiger charge is 2.20. The molecule has 0 unspecified atom stereocenters. The van der Waals surface area contributed by atoms with E-state index in [0.717, 1.165) is 49.5 Å². The van der Waals surface area contributed by atoms with E-state index in [0.29, 0.717) is 6.61 Å². The monoisotopic (exact) mass is 276 g/mol. The predicted molar refractivity (Wildman–Crippen MR) is 75.3 cm³/mol. The number of para-hydroxylation sites is 2. The molecule has 1 aliphatic rings. The molecule has 2 aromatic rings. The molecule has 1 aliphatic heterocycles. The Balaban J connectivity index is 1.54. The molecule has 0 radical (unpaired) electrons. The molecule has 20 heavy (non-hydrogen) atoms. The Bertz CT molecular complexity index is 514. The first-order valence-corrected chi connectivity index (χ1v) is 7.14. The van der Waals surface area contributed by atoms with Crippen LogP contribution < -0.4 is 0 Å². The molecule has 2 heterocycles. The van der Waals surface area contributed by atoms with Crippen LogP contribution in [0.2, 0.25) is 0 Å². The van der Waals surface area contributed by atoms with Gasteiger partial charge in [0.2, 0.25) is 5.89 Å². The topological polar surface area (TPSA) is 58.7 Å². The number of aliphatic hydroxyl groups is 1. The number of rotatable bonds is 5. The number of fused-ring (bicyclic) bond motifs is 1. The number of piperidine rings is 1. The van der Waals surface area contributed by atoms with E-state index in [1.54, 1.807) is 0 Å². The Kier molecular flexibility index (Phi) is 4.30. The van der Waals surface area contributed by atoms with Gasteiger partial charge in [-0.3, -0.25) is 4.90 Å². The van der Waals surface area contributed by atoms with Gasteiger partial charge in [0.05, 0.1) is 25.9 Å². The van der Waals surface area contributed by atoms with Crippen LogP contribution in [0.4, 0.5) is 0 Å². The van der Waals surface area contributed by atoms with Gasteiger partial charge in [-0.15, -0.1) is 0 Å². The lowest BCUT2D eigenvalue weighted by molar-refractivity contribution is -0.0101. The zero-order valence-electron chi connectivity index (χ0n) is 11.5. The normalized spacial score (nSPS) is 17.9. The number of benzene rings is 1. The Morgan fingerprint density at radius 1 is 1.30 bits per heavy atom. The van der Waals surface area contributed by atoms with Crippen molar-refractivity contribution < 1.29 is 14.3 Å². The third-order valence-electron chi connectivity index (χ3n) is 3.68. The molecule has 0 bridgehead atoms. The molecular weight excluding hydrogens is 256 g/mol. The summed E-state index contributed by atoms with van der Waals surface area (Å²) < 4.78 is 11.3. The summed E-state index contributed by atoms with van der Waals surface area (Å²) in [4.78, 5) is 6.84. The summed E-state index contributed by atoms with van der Waals surface area (Å²) in [6, 6.07) is 7.85. The number of likely N-dealkylation sites (tertiary alicyclic amines) is 1. The highest BCUT2D eigenvalue weighted by molar-refractivity contribution is 5.72. The van der Waals surface area contributed by atoms with E-state index in [9.17, 15) is 0 Å². The second-order valence-corrected chi connectivity index (χ2v) is 5.15. The highest BCUT2D eigenvalue weighted by atomic mass is 16.5. The van der Waals surface area contributed by atoms with Crippen molar-refractivity contribution >= 4 is 11.1 Å². The SMILES string of the molecule is OCCOC1CCN(Cc2nc3ccccc3o2)CC1. The van der Waals surface area contributed by atoms with Crippen LogP contribution in [0.5, 0.6) is 0 Å². The van der Waals surface area contributed by atoms with Gasteiger partial charge < -0.3 is 14.3 Å². The third-order valence-corrected chi connectivity index (χ3v) is 3.68. The van der Waals surface area contributed by atoms with Crippen LogP contribution in [0.1, 0.15) is 18.7 Å². The summed E-state index contributed by atoms with van der Waals surface area (Å²) in [5.41, 5.74) is 1.77. The van der Waals surface area contributed by atoms with E-state index in [1.807, 2.05) is 24.3 Å². The van der Waals surface area contributed by atoms with Gasteiger partial charge in [-0.2, -0.15) is 0 Å². The number of oxazole rings is 1. The molecule has 3 rings (SSSR count). The predicted octanol–water partition coefficient (Wildman–Crippen LogP) is 1.80. The van der Waals surface area contributed by atoms with Crippen molar-refractivity contribution in [1.82, 2.24) is 9.88 Å². The van der Waals surface area contributed by atoms with Crippen molar-refractivity contribution in [3.8, 4) is 0 Å². The third kappa shape index (κ3) is 3.17. The molecule has 1 saturated heterocycles. The van der Waals surface area contributed by atoms with Gasteiger partial charge in [0.15, 0.2) is 5.58 Å². The van der Waals surface area contributed by atoms with Crippen molar-refractivity contribution in [3.05, 3.63) is 30.2 Å². The van der Waals surface area contributed by atoms with Gasteiger partial charge in [0.1, 0.15) is 5.52 Å². The number of aromatic nitrogens is 1. The van der Waals surface area contributed by atoms with Crippen LogP contribution >= 0.6 is 0 Å². The molecule has 0 saturated carbocycles. The molecule has 0 atom stereocenters. The average Bonchev–Trinajstić information content (AvgIpc) is 2.89. The maximum atomic E-state index is 8.76. The van der Waals surface area contributed by atoms with Crippen LogP contribution in [0.15, 0.2) is 28.7 Å². The van der Waals surface area contributed by atoms with Crippen LogP contribution in [0, 0.1) is 0 Å². The lowest BCUT2D eigenvalue weighted by Crippen LogP contribution is -2.36. The maximum absolute atomic E-state index is 8.76. The van der Waals surface area contributed by atoms with Crippen molar-refractivity contribution in [3.63, 3.8) is 0 Å². The van der Waals surface area contributed by atoms with Gasteiger partial charge in [0, 0.05) is 13.1 Å². The molecule has 1 aromatic carbocycles. The molecule has 1 fully saturated rings. The minimum Gasteiger partial charge on any atom is -0.439 e. The van der Waals surface area contributed by atoms with Crippen LogP contribution in [0.25, 0.3) is 11.1 Å². The van der Waals surface area contributed by atoms with E-state index < -0.39 is 0 Å². The van der Waals surface area contributed by atoms with Crippen LogP contribution in [-0.4, -0.2) is 47.4 Å². The van der Waals surface area contributed by atoms with Gasteiger partial charge >= 0.3 is 0 Å². The highest BCUT2D eigenvalue weighted by Crippen LogP contribution is 2.19. The van der Waals surface area contributed by atoms with Crippen LogP contribution in [-0.2, 0) is 11.3 Å². The average molecular weight is 276 g/mol. The molecule has 5 nitrogen and oxygen atoms in total. The first-order valence-electron chi connectivity index (χ1n) is 7.14. The fourth-order valence-corrected chi connectivity index (χ4v) is 2.63. The molecule has 0 amide bonds. The molecular formula is C15H20N2O3. The number of nitrogens with zero attached hydrogens (tertiary/aromatic N) is 2. The number of hydrogen-bond acceptors (Lipinski definition) is 5. The van der Waals surface area contributed by atoms with Crippen molar-refractivity contribution in [2.45, 2.75) is 25.5 Å². The zero-order valence-corrected chi connectivity index (χ0v) is 11.5. The largest absolute Gasteiger partial charge is 0.439 e. The molecule has 1 aromatic heterocycles. The van der Waals surface area contributed by atoms with Gasteiger partial charge in [-0.1, -0.05) is 12.1 Å². The summed E-state index contributed by atoms with van der Waals surface area (Å²) in [7, 11) is 0. The fourth-order valence-electron chi connectivity index (χ4n) is 2.63. The minimum absolute atomic E-state index is 0.100. The lowest BCUT2D eigenvalue weighted by Gasteiger charge is -2.30. The van der Waals surface area contributed by atoms with E-state index in [-0.39, 0.29) is 12.7 Å². The van der Waals surface area contributed by atoms with E-state index in [2.05, 4.69) is 9.88 Å². The van der Waals surface area contributed by atoms with Gasteiger partial charge in [0.25, 0.3) is 0 Å². The standard InChI is InChI=1S/C15H20N2O3/c18-9-10-19-12-5-7-17(8-6-12)11-15-16-13-3-1-2-4-14(13)20-15/h1-4,12,18H,5-11H2. The molecule has 0 aliphatic carbocycles.